The summed E-state index contributed by atoms with van der Waals surface area (Å²) in [5.74, 6) is -3.29. The van der Waals surface area contributed by atoms with E-state index in [0.29, 0.717) is 64.0 Å². The maximum absolute atomic E-state index is 14.5. The topological polar surface area (TPSA) is 204 Å². The number of aliphatic hydroxyl groups excluding tert-OH is 2. The van der Waals surface area contributed by atoms with Crippen LogP contribution in [0.2, 0.25) is 0 Å². The largest absolute Gasteiger partial charge is 0.458 e. The van der Waals surface area contributed by atoms with E-state index in [0.717, 1.165) is 11.3 Å². The Labute approximate surface area is 367 Å². The number of ketones is 1. The van der Waals surface area contributed by atoms with Gasteiger partial charge in [-0.2, -0.15) is 0 Å². The number of nitrogen functional groups attached to an aromatic ring is 1. The molecule has 1 aromatic heterocycles. The van der Waals surface area contributed by atoms with Crippen molar-refractivity contribution in [1.82, 2.24) is 29.7 Å². The van der Waals surface area contributed by atoms with Crippen molar-refractivity contribution in [1.29, 1.82) is 0 Å². The first kappa shape index (κ1) is 49.3. The van der Waals surface area contributed by atoms with Crippen molar-refractivity contribution >= 4 is 23.5 Å². The quantitative estimate of drug-likeness (QED) is 0.113. The van der Waals surface area contributed by atoms with Gasteiger partial charge in [0.2, 0.25) is 0 Å². The lowest BCUT2D eigenvalue weighted by molar-refractivity contribution is -0.296. The summed E-state index contributed by atoms with van der Waals surface area (Å²) in [5.41, 5.74) is 5.89. The van der Waals surface area contributed by atoms with E-state index in [1.165, 1.54) is 6.92 Å². The Bertz CT molecular complexity index is 1820. The lowest BCUT2D eigenvalue weighted by Crippen LogP contribution is -2.61. The molecule has 0 aliphatic carbocycles. The second-order valence-corrected chi connectivity index (χ2v) is 18.5. The number of carbonyl (C=O) groups excluding carboxylic acids is 3. The van der Waals surface area contributed by atoms with Gasteiger partial charge >= 0.3 is 12.1 Å². The minimum Gasteiger partial charge on any atom is -0.458 e. The van der Waals surface area contributed by atoms with Gasteiger partial charge in [-0.25, -0.2) is 4.79 Å². The molecule has 3 saturated heterocycles. The third-order valence-electron chi connectivity index (χ3n) is 13.7. The standard InChI is InChI=1S/C45H73N7O10/c1-12-36-45(8)39(52(43(57)62-45)19-14-13-18-51-26-34(47-48-51)32-16-15-17-33(46)23-32)31(6)50(10)25-27(2)24-44(7,58-11)40(29(4)37(54)30(5)41(56)60-36)61-42-38(55)35(22-28(3)59-42)49(9)20-21-53/h15-17,23,26-31,35-36,38-40,42,53,55H,12-14,18-22,24-25,46H2,1-11H3/t27-,28?,29+,30-,31-,35?,36-,38?,39-,40-,42+,44-,45-/m1/s1. The molecule has 62 heavy (non-hydrogen) atoms. The number of rotatable bonds is 13. The SMILES string of the molecule is CC[C@H]1OC(=O)[C@H](C)C(=O)[C@H](C)[C@@H](O[C@@H]2OC(C)CC(N(C)CCO)C2O)[C@](C)(OC)C[C@@H](C)CN(C)[C@H](C)[C@H]2N(CCCCn3cc(-c4cccc(N)c4)nn3)C(=O)O[C@]12C. The number of aromatic nitrogens is 3. The summed E-state index contributed by atoms with van der Waals surface area (Å²) >= 11 is 0. The van der Waals surface area contributed by atoms with Crippen LogP contribution in [0, 0.1) is 17.8 Å². The van der Waals surface area contributed by atoms with E-state index in [1.54, 1.807) is 23.6 Å². The van der Waals surface area contributed by atoms with Crippen molar-refractivity contribution in [2.45, 2.75) is 154 Å². The van der Waals surface area contributed by atoms with Gasteiger partial charge in [0.15, 0.2) is 17.7 Å². The number of fused-ring (bicyclic) bond motifs is 1. The second-order valence-electron chi connectivity index (χ2n) is 18.5. The molecule has 0 saturated carbocycles. The number of cyclic esters (lactones) is 1. The molecule has 5 rings (SSSR count). The molecule has 348 valence electrons. The van der Waals surface area contributed by atoms with Crippen molar-refractivity contribution in [2.75, 3.05) is 53.2 Å². The Hall–Kier alpha value is -3.71. The Morgan fingerprint density at radius 1 is 1.08 bits per heavy atom. The van der Waals surface area contributed by atoms with Gasteiger partial charge in [-0.3, -0.25) is 24.1 Å². The molecule has 1 aromatic carbocycles. The van der Waals surface area contributed by atoms with E-state index >= 15 is 0 Å². The zero-order valence-corrected chi connectivity index (χ0v) is 38.7. The van der Waals surface area contributed by atoms with Crippen LogP contribution >= 0.6 is 0 Å². The lowest BCUT2D eigenvalue weighted by atomic mass is 9.78. The molecule has 13 atom stereocenters. The molecule has 1 amide bonds. The van der Waals surface area contributed by atoms with Crippen LogP contribution in [0.1, 0.15) is 87.5 Å². The van der Waals surface area contributed by atoms with Crippen LogP contribution < -0.4 is 5.73 Å². The van der Waals surface area contributed by atoms with Crippen LogP contribution in [0.5, 0.6) is 0 Å². The number of hydrogen-bond donors (Lipinski definition) is 3. The number of anilines is 1. The molecule has 0 spiro atoms. The van der Waals surface area contributed by atoms with E-state index in [2.05, 4.69) is 29.1 Å². The lowest BCUT2D eigenvalue weighted by Gasteiger charge is -2.47. The Balaban J connectivity index is 1.40. The molecule has 4 N–H and O–H groups in total. The van der Waals surface area contributed by atoms with Crippen molar-refractivity contribution < 1.29 is 48.3 Å². The predicted molar refractivity (Wildman–Crippen MR) is 233 cm³/mol. The van der Waals surface area contributed by atoms with Crippen LogP contribution in [0.25, 0.3) is 11.3 Å². The summed E-state index contributed by atoms with van der Waals surface area (Å²) in [6.45, 7) is 16.7. The molecule has 3 fully saturated rings. The summed E-state index contributed by atoms with van der Waals surface area (Å²) in [7, 11) is 5.42. The van der Waals surface area contributed by atoms with E-state index in [9.17, 15) is 24.6 Å². The average Bonchev–Trinajstić information content (AvgIpc) is 3.81. The number of benzene rings is 1. The van der Waals surface area contributed by atoms with Gasteiger partial charge in [0.05, 0.1) is 36.7 Å². The molecular weight excluding hydrogens is 799 g/mol. The van der Waals surface area contributed by atoms with E-state index < -0.39 is 71.5 Å². The summed E-state index contributed by atoms with van der Waals surface area (Å²) in [6, 6.07) is 6.34. The van der Waals surface area contributed by atoms with Crippen molar-refractivity contribution in [3.8, 4) is 11.3 Å². The number of aliphatic hydroxyl groups is 2. The first-order chi connectivity index (χ1) is 29.3. The molecule has 17 nitrogen and oxygen atoms in total. The van der Waals surface area contributed by atoms with Gasteiger partial charge in [-0.1, -0.05) is 38.1 Å². The zero-order valence-electron chi connectivity index (χ0n) is 38.7. The molecule has 3 aliphatic heterocycles. The number of likely N-dealkylation sites (N-methyl/N-ethyl adjacent to an activating group) is 2. The molecule has 4 heterocycles. The number of amides is 1. The number of esters is 1. The zero-order chi connectivity index (χ0) is 45.7. The third kappa shape index (κ3) is 10.8. The van der Waals surface area contributed by atoms with E-state index in [1.807, 2.05) is 77.2 Å². The molecule has 3 aliphatic rings. The summed E-state index contributed by atoms with van der Waals surface area (Å²) in [6.07, 6.45) is -0.278. The number of nitrogens with two attached hydrogens (primary N) is 1. The van der Waals surface area contributed by atoms with E-state index in [-0.39, 0.29) is 30.7 Å². The van der Waals surface area contributed by atoms with Gasteiger partial charge in [0.25, 0.3) is 0 Å². The first-order valence-corrected chi connectivity index (χ1v) is 22.3. The number of methoxy groups -OCH3 is 1. The second kappa shape index (κ2) is 20.9. The fourth-order valence-electron chi connectivity index (χ4n) is 10.1. The highest BCUT2D eigenvalue weighted by Crippen LogP contribution is 2.41. The summed E-state index contributed by atoms with van der Waals surface area (Å²) in [4.78, 5) is 48.4. The number of unbranched alkanes of at least 4 members (excludes halogenated alkanes) is 1. The molecule has 0 radical (unpaired) electrons. The van der Waals surface area contributed by atoms with Gasteiger partial charge in [0.1, 0.15) is 23.8 Å². The number of aryl methyl sites for hydroxylation is 1. The number of ether oxygens (including phenoxy) is 5. The number of carbonyl (C=O) groups is 3. The van der Waals surface area contributed by atoms with Crippen LogP contribution in [0.15, 0.2) is 30.5 Å². The minimum absolute atomic E-state index is 0.0274. The molecular formula is C45H73N7O10. The molecule has 3 unspecified atom stereocenters. The fourth-order valence-corrected chi connectivity index (χ4v) is 10.1. The maximum atomic E-state index is 14.5. The maximum Gasteiger partial charge on any atom is 0.410 e. The van der Waals surface area contributed by atoms with Crippen LogP contribution in [-0.4, -0.2) is 165 Å². The van der Waals surface area contributed by atoms with Gasteiger partial charge in [-0.15, -0.1) is 5.10 Å². The van der Waals surface area contributed by atoms with Crippen molar-refractivity contribution in [3.63, 3.8) is 0 Å². The van der Waals surface area contributed by atoms with Crippen molar-refractivity contribution in [3.05, 3.63) is 30.5 Å². The monoisotopic (exact) mass is 872 g/mol. The Morgan fingerprint density at radius 3 is 2.45 bits per heavy atom. The van der Waals surface area contributed by atoms with E-state index in [4.69, 9.17) is 29.4 Å². The molecule has 0 bridgehead atoms. The average molecular weight is 872 g/mol. The third-order valence-corrected chi connectivity index (χ3v) is 13.7. The molecule has 17 heteroatoms. The first-order valence-electron chi connectivity index (χ1n) is 22.3. The van der Waals surface area contributed by atoms with Crippen LogP contribution in [0.3, 0.4) is 0 Å². The smallest absolute Gasteiger partial charge is 0.410 e. The molecule has 2 aromatic rings. The van der Waals surface area contributed by atoms with Gasteiger partial charge in [0, 0.05) is 62.5 Å². The number of nitrogens with zero attached hydrogens (tertiary/aromatic N) is 6. The van der Waals surface area contributed by atoms with Crippen LogP contribution in [-0.2, 0) is 39.8 Å². The highest BCUT2D eigenvalue weighted by molar-refractivity contribution is 6.00. The Morgan fingerprint density at radius 2 is 1.79 bits per heavy atom. The highest BCUT2D eigenvalue weighted by Gasteiger charge is 2.59. The highest BCUT2D eigenvalue weighted by atomic mass is 16.7. The predicted octanol–water partition coefficient (Wildman–Crippen LogP) is 3.99. The fraction of sp³-hybridized carbons (Fsp3) is 0.756. The minimum atomic E-state index is -1.25. The number of hydrogen-bond acceptors (Lipinski definition) is 15. The Kier molecular flexibility index (Phi) is 16.6. The number of Topliss-reactive ketones (excluding diaryl/α,β-unsaturated/α-hetero) is 1. The van der Waals surface area contributed by atoms with Gasteiger partial charge < -0.3 is 44.5 Å². The summed E-state index contributed by atoms with van der Waals surface area (Å²) < 4.78 is 33.5. The summed E-state index contributed by atoms with van der Waals surface area (Å²) in [5, 5.41) is 29.9. The van der Waals surface area contributed by atoms with Crippen molar-refractivity contribution in [2.24, 2.45) is 17.8 Å². The van der Waals surface area contributed by atoms with Crippen LogP contribution in [0.4, 0.5) is 10.5 Å². The van der Waals surface area contributed by atoms with Gasteiger partial charge in [-0.05, 0) is 98.9 Å². The normalized spacial score (nSPS) is 35.6.